The smallest absolute Gasteiger partial charge is 0.321 e. The van der Waals surface area contributed by atoms with Crippen molar-refractivity contribution in [2.75, 3.05) is 31.5 Å². The summed E-state index contributed by atoms with van der Waals surface area (Å²) in [6, 6.07) is 6.93. The van der Waals surface area contributed by atoms with E-state index in [9.17, 15) is 9.59 Å². The number of hydrogen-bond donors (Lipinski definition) is 1. The minimum atomic E-state index is -0.123. The number of rotatable bonds is 2. The van der Waals surface area contributed by atoms with Gasteiger partial charge in [0.05, 0.1) is 0 Å². The van der Waals surface area contributed by atoms with E-state index in [0.29, 0.717) is 31.2 Å². The quantitative estimate of drug-likeness (QED) is 0.887. The summed E-state index contributed by atoms with van der Waals surface area (Å²) >= 11 is 5.85. The Kier molecular flexibility index (Phi) is 5.61. The maximum atomic E-state index is 12.5. The summed E-state index contributed by atoms with van der Waals surface area (Å²) in [7, 11) is 0. The molecule has 6 heteroatoms. The Hall–Kier alpha value is -1.75. The largest absolute Gasteiger partial charge is 0.339 e. The molecule has 2 fully saturated rings. The van der Waals surface area contributed by atoms with Crippen LogP contribution in [0.4, 0.5) is 10.5 Å². The van der Waals surface area contributed by atoms with Crippen molar-refractivity contribution in [1.29, 1.82) is 0 Å². The van der Waals surface area contributed by atoms with Crippen molar-refractivity contribution < 1.29 is 9.59 Å². The number of amides is 3. The van der Waals surface area contributed by atoms with Gasteiger partial charge in [-0.2, -0.15) is 0 Å². The summed E-state index contributed by atoms with van der Waals surface area (Å²) in [6.45, 7) is 2.42. The molecule has 1 heterocycles. The summed E-state index contributed by atoms with van der Waals surface area (Å²) in [6.07, 6.45) is 5.63. The minimum absolute atomic E-state index is 0.123. The maximum Gasteiger partial charge on any atom is 0.321 e. The second kappa shape index (κ2) is 7.88. The number of nitrogens with one attached hydrogen (secondary N) is 1. The summed E-state index contributed by atoms with van der Waals surface area (Å²) in [5, 5.41) is 3.51. The standard InChI is InChI=1S/C18H24ClN3O2/c19-15-6-8-16(9-7-15)20-18(24)22-12-10-21(11-13-22)17(23)14-4-2-1-3-5-14/h6-9,14H,1-5,10-13H2,(H,20,24). The van der Waals surface area contributed by atoms with Gasteiger partial charge >= 0.3 is 6.03 Å². The molecule has 0 unspecified atom stereocenters. The lowest BCUT2D eigenvalue weighted by Gasteiger charge is -2.37. The van der Waals surface area contributed by atoms with Gasteiger partial charge in [0.1, 0.15) is 0 Å². The van der Waals surface area contributed by atoms with Crippen LogP contribution in [-0.4, -0.2) is 47.9 Å². The molecule has 3 rings (SSSR count). The topological polar surface area (TPSA) is 52.7 Å². The third-order valence-corrected chi connectivity index (χ3v) is 5.18. The first-order valence-corrected chi connectivity index (χ1v) is 9.11. The average Bonchev–Trinajstić information content (AvgIpc) is 2.64. The van der Waals surface area contributed by atoms with E-state index in [1.165, 1.54) is 19.3 Å². The molecule has 1 saturated heterocycles. The van der Waals surface area contributed by atoms with Crippen molar-refractivity contribution in [2.24, 2.45) is 5.92 Å². The molecule has 0 spiro atoms. The van der Waals surface area contributed by atoms with Gasteiger partial charge in [-0.1, -0.05) is 30.9 Å². The van der Waals surface area contributed by atoms with Gasteiger partial charge in [0, 0.05) is 42.8 Å². The zero-order valence-corrected chi connectivity index (χ0v) is 14.6. The van der Waals surface area contributed by atoms with Gasteiger partial charge in [-0.05, 0) is 37.1 Å². The number of anilines is 1. The molecule has 24 heavy (non-hydrogen) atoms. The van der Waals surface area contributed by atoms with Gasteiger partial charge in [-0.25, -0.2) is 4.79 Å². The molecule has 0 radical (unpaired) electrons. The van der Waals surface area contributed by atoms with Crippen LogP contribution < -0.4 is 5.32 Å². The van der Waals surface area contributed by atoms with Crippen LogP contribution in [-0.2, 0) is 4.79 Å². The highest BCUT2D eigenvalue weighted by atomic mass is 35.5. The number of benzene rings is 1. The van der Waals surface area contributed by atoms with E-state index >= 15 is 0 Å². The number of nitrogens with zero attached hydrogens (tertiary/aromatic N) is 2. The number of carbonyl (C=O) groups excluding carboxylic acids is 2. The average molecular weight is 350 g/mol. The van der Waals surface area contributed by atoms with E-state index in [4.69, 9.17) is 11.6 Å². The second-order valence-corrected chi connectivity index (χ2v) is 7.02. The second-order valence-electron chi connectivity index (χ2n) is 6.58. The zero-order chi connectivity index (χ0) is 16.9. The Bertz CT molecular complexity index is 576. The lowest BCUT2D eigenvalue weighted by atomic mass is 9.88. The molecule has 1 aromatic carbocycles. The number of carbonyl (C=O) groups is 2. The van der Waals surface area contributed by atoms with Crippen molar-refractivity contribution in [1.82, 2.24) is 9.80 Å². The van der Waals surface area contributed by atoms with Gasteiger partial charge in [0.15, 0.2) is 0 Å². The van der Waals surface area contributed by atoms with Gasteiger partial charge in [-0.15, -0.1) is 0 Å². The number of piperazine rings is 1. The normalized spacial score (nSPS) is 19.2. The fourth-order valence-corrected chi connectivity index (χ4v) is 3.60. The molecule has 2 aliphatic rings. The lowest BCUT2D eigenvalue weighted by Crippen LogP contribution is -2.53. The van der Waals surface area contributed by atoms with Crippen LogP contribution in [0.5, 0.6) is 0 Å². The third kappa shape index (κ3) is 4.20. The van der Waals surface area contributed by atoms with E-state index in [-0.39, 0.29) is 17.9 Å². The van der Waals surface area contributed by atoms with E-state index in [1.54, 1.807) is 29.2 Å². The monoisotopic (exact) mass is 349 g/mol. The van der Waals surface area contributed by atoms with Crippen LogP contribution in [0.25, 0.3) is 0 Å². The first kappa shape index (κ1) is 17.1. The summed E-state index contributed by atoms with van der Waals surface area (Å²) < 4.78 is 0. The number of urea groups is 1. The Balaban J connectivity index is 1.48. The Morgan fingerprint density at radius 1 is 0.917 bits per heavy atom. The van der Waals surface area contributed by atoms with E-state index in [1.807, 2.05) is 4.90 Å². The van der Waals surface area contributed by atoms with Gasteiger partial charge in [0.25, 0.3) is 0 Å². The summed E-state index contributed by atoms with van der Waals surface area (Å²) in [4.78, 5) is 28.6. The van der Waals surface area contributed by atoms with Crippen molar-refractivity contribution in [3.05, 3.63) is 29.3 Å². The highest BCUT2D eigenvalue weighted by Crippen LogP contribution is 2.26. The van der Waals surface area contributed by atoms with Crippen LogP contribution >= 0.6 is 11.6 Å². The van der Waals surface area contributed by atoms with Crippen LogP contribution in [0.3, 0.4) is 0 Å². The Morgan fingerprint density at radius 3 is 2.12 bits per heavy atom. The van der Waals surface area contributed by atoms with Crippen molar-refractivity contribution in [2.45, 2.75) is 32.1 Å². The molecular formula is C18H24ClN3O2. The molecule has 1 aromatic rings. The third-order valence-electron chi connectivity index (χ3n) is 4.93. The Morgan fingerprint density at radius 2 is 1.50 bits per heavy atom. The lowest BCUT2D eigenvalue weighted by molar-refractivity contribution is -0.137. The van der Waals surface area contributed by atoms with Crippen molar-refractivity contribution in [3.63, 3.8) is 0 Å². The molecule has 1 aliphatic heterocycles. The van der Waals surface area contributed by atoms with E-state index in [0.717, 1.165) is 18.5 Å². The van der Waals surface area contributed by atoms with E-state index in [2.05, 4.69) is 5.32 Å². The fourth-order valence-electron chi connectivity index (χ4n) is 3.47. The number of hydrogen-bond acceptors (Lipinski definition) is 2. The number of halogens is 1. The van der Waals surface area contributed by atoms with Crippen molar-refractivity contribution >= 4 is 29.2 Å². The predicted molar refractivity (Wildman–Crippen MR) is 95.2 cm³/mol. The molecule has 1 saturated carbocycles. The Labute approximate surface area is 147 Å². The van der Waals surface area contributed by atoms with Crippen LogP contribution in [0.15, 0.2) is 24.3 Å². The highest BCUT2D eigenvalue weighted by molar-refractivity contribution is 6.30. The zero-order valence-electron chi connectivity index (χ0n) is 13.8. The molecule has 0 atom stereocenters. The van der Waals surface area contributed by atoms with E-state index < -0.39 is 0 Å². The fraction of sp³-hybridized carbons (Fsp3) is 0.556. The molecule has 1 N–H and O–H groups in total. The maximum absolute atomic E-state index is 12.5. The summed E-state index contributed by atoms with van der Waals surface area (Å²) in [5.74, 6) is 0.487. The molecule has 0 bridgehead atoms. The molecule has 5 nitrogen and oxygen atoms in total. The predicted octanol–water partition coefficient (Wildman–Crippen LogP) is 3.60. The molecule has 1 aliphatic carbocycles. The highest BCUT2D eigenvalue weighted by Gasteiger charge is 2.29. The van der Waals surface area contributed by atoms with Gasteiger partial charge < -0.3 is 15.1 Å². The molecule has 3 amide bonds. The molecular weight excluding hydrogens is 326 g/mol. The van der Waals surface area contributed by atoms with Crippen LogP contribution in [0.2, 0.25) is 5.02 Å². The first-order valence-electron chi connectivity index (χ1n) is 8.74. The SMILES string of the molecule is O=C(Nc1ccc(Cl)cc1)N1CCN(C(=O)C2CCCCC2)CC1. The van der Waals surface area contributed by atoms with Gasteiger partial charge in [-0.3, -0.25) is 4.79 Å². The van der Waals surface area contributed by atoms with Crippen LogP contribution in [0.1, 0.15) is 32.1 Å². The van der Waals surface area contributed by atoms with Crippen molar-refractivity contribution in [3.8, 4) is 0 Å². The summed E-state index contributed by atoms with van der Waals surface area (Å²) in [5.41, 5.74) is 0.727. The molecule has 130 valence electrons. The first-order chi connectivity index (χ1) is 11.6. The molecule has 0 aromatic heterocycles. The minimum Gasteiger partial charge on any atom is -0.339 e. The van der Waals surface area contributed by atoms with Crippen LogP contribution in [0, 0.1) is 5.92 Å². The van der Waals surface area contributed by atoms with Gasteiger partial charge in [0.2, 0.25) is 5.91 Å².